The highest BCUT2D eigenvalue weighted by Crippen LogP contribution is 2.38. The third kappa shape index (κ3) is 3.09. The lowest BCUT2D eigenvalue weighted by Gasteiger charge is -2.37. The Hall–Kier alpha value is -3.59. The number of hydrogen-bond acceptors (Lipinski definition) is 5. The van der Waals surface area contributed by atoms with Crippen LogP contribution in [0.3, 0.4) is 0 Å². The van der Waals surface area contributed by atoms with Gasteiger partial charge in [-0.2, -0.15) is 5.26 Å². The molecule has 31 heavy (non-hydrogen) atoms. The van der Waals surface area contributed by atoms with E-state index in [9.17, 15) is 10.1 Å². The quantitative estimate of drug-likeness (QED) is 0.485. The second-order valence-electron chi connectivity index (χ2n) is 8.56. The van der Waals surface area contributed by atoms with Crippen molar-refractivity contribution in [1.82, 2.24) is 9.55 Å². The first kappa shape index (κ1) is 19.4. The lowest BCUT2D eigenvalue weighted by atomic mass is 9.86. The average molecular weight is 412 g/mol. The van der Waals surface area contributed by atoms with Gasteiger partial charge in [0.05, 0.1) is 11.2 Å². The van der Waals surface area contributed by atoms with Gasteiger partial charge in [0.1, 0.15) is 17.1 Å². The zero-order valence-electron chi connectivity index (χ0n) is 17.9. The lowest BCUT2D eigenvalue weighted by molar-refractivity contribution is 0.327. The molecule has 4 aromatic rings. The largest absolute Gasteiger partial charge is 0.440 e. The number of oxazole rings is 1. The minimum Gasteiger partial charge on any atom is -0.440 e. The van der Waals surface area contributed by atoms with Crippen LogP contribution in [0.4, 0.5) is 5.69 Å². The van der Waals surface area contributed by atoms with Gasteiger partial charge in [-0.3, -0.25) is 4.79 Å². The monoisotopic (exact) mass is 412 g/mol. The van der Waals surface area contributed by atoms with Gasteiger partial charge in [-0.05, 0) is 43.0 Å². The molecule has 2 atom stereocenters. The predicted molar refractivity (Wildman–Crippen MR) is 121 cm³/mol. The Kier molecular flexibility index (Phi) is 4.55. The topological polar surface area (TPSA) is 75.1 Å². The van der Waals surface area contributed by atoms with Gasteiger partial charge in [0.25, 0.3) is 5.56 Å². The lowest BCUT2D eigenvalue weighted by Crippen LogP contribution is -2.40. The standard InChI is InChI=1S/C25H24N4O2/c1-15-8-9-22-20(12-15)27-24(31-22)17-10-11-29(14-16(17)2)23-18-6-4-5-7-21(18)28(3)25(30)19(23)13-26/h4-9,12,16-17H,10-11,14H2,1-3H3. The van der Waals surface area contributed by atoms with E-state index in [-0.39, 0.29) is 23.0 Å². The molecule has 2 aromatic carbocycles. The normalized spacial score (nSPS) is 19.1. The summed E-state index contributed by atoms with van der Waals surface area (Å²) in [5, 5.41) is 10.7. The summed E-state index contributed by atoms with van der Waals surface area (Å²) in [5.41, 5.74) is 4.43. The van der Waals surface area contributed by atoms with Crippen molar-refractivity contribution < 1.29 is 4.42 Å². The van der Waals surface area contributed by atoms with Crippen molar-refractivity contribution >= 4 is 27.7 Å². The second kappa shape index (κ2) is 7.28. The Morgan fingerprint density at radius 1 is 1.23 bits per heavy atom. The second-order valence-corrected chi connectivity index (χ2v) is 8.56. The molecule has 0 aliphatic carbocycles. The summed E-state index contributed by atoms with van der Waals surface area (Å²) < 4.78 is 7.65. The number of anilines is 1. The number of fused-ring (bicyclic) bond motifs is 2. The van der Waals surface area contributed by atoms with Gasteiger partial charge in [-0.1, -0.05) is 31.2 Å². The summed E-state index contributed by atoms with van der Waals surface area (Å²) in [6.07, 6.45) is 0.849. The van der Waals surface area contributed by atoms with Crippen LogP contribution in [0.25, 0.3) is 22.0 Å². The maximum absolute atomic E-state index is 12.9. The number of rotatable bonds is 2. The Bertz CT molecular complexity index is 1410. The average Bonchev–Trinajstić information content (AvgIpc) is 3.18. The molecule has 2 unspecified atom stereocenters. The third-order valence-electron chi connectivity index (χ3n) is 6.49. The molecule has 2 aromatic heterocycles. The number of aromatic nitrogens is 2. The first-order chi connectivity index (χ1) is 15.0. The van der Waals surface area contributed by atoms with Gasteiger partial charge >= 0.3 is 0 Å². The van der Waals surface area contributed by atoms with Gasteiger partial charge in [0.15, 0.2) is 11.5 Å². The Morgan fingerprint density at radius 2 is 2.03 bits per heavy atom. The van der Waals surface area contributed by atoms with Gasteiger partial charge in [0.2, 0.25) is 0 Å². The van der Waals surface area contributed by atoms with Crippen molar-refractivity contribution in [2.24, 2.45) is 13.0 Å². The van der Waals surface area contributed by atoms with E-state index in [1.165, 1.54) is 0 Å². The minimum absolute atomic E-state index is 0.201. The molecular formula is C25H24N4O2. The fourth-order valence-corrected chi connectivity index (χ4v) is 4.84. The summed E-state index contributed by atoms with van der Waals surface area (Å²) >= 11 is 0. The van der Waals surface area contributed by atoms with Crippen LogP contribution in [0, 0.1) is 24.2 Å². The van der Waals surface area contributed by atoms with E-state index in [2.05, 4.69) is 24.8 Å². The van der Waals surface area contributed by atoms with Crippen LogP contribution in [0.1, 0.15) is 36.3 Å². The summed E-state index contributed by atoms with van der Waals surface area (Å²) in [7, 11) is 1.72. The molecule has 1 aliphatic rings. The molecule has 0 saturated carbocycles. The Morgan fingerprint density at radius 3 is 2.81 bits per heavy atom. The Balaban J connectivity index is 1.52. The minimum atomic E-state index is -0.250. The van der Waals surface area contributed by atoms with Crippen LogP contribution in [0.2, 0.25) is 0 Å². The number of nitrogens with zero attached hydrogens (tertiary/aromatic N) is 4. The molecular weight excluding hydrogens is 388 g/mol. The molecule has 0 radical (unpaired) electrons. The van der Waals surface area contributed by atoms with Crippen molar-refractivity contribution in [3.05, 3.63) is 69.8 Å². The molecule has 0 N–H and O–H groups in total. The number of nitriles is 1. The number of para-hydroxylation sites is 1. The van der Waals surface area contributed by atoms with Crippen molar-refractivity contribution in [3.8, 4) is 6.07 Å². The summed E-state index contributed by atoms with van der Waals surface area (Å²) in [5.74, 6) is 1.24. The van der Waals surface area contributed by atoms with Crippen molar-refractivity contribution in [2.75, 3.05) is 18.0 Å². The van der Waals surface area contributed by atoms with E-state index in [4.69, 9.17) is 9.40 Å². The van der Waals surface area contributed by atoms with Crippen molar-refractivity contribution in [1.29, 1.82) is 5.26 Å². The smallest absolute Gasteiger partial charge is 0.270 e. The van der Waals surface area contributed by atoms with Crippen LogP contribution in [-0.4, -0.2) is 22.6 Å². The number of benzene rings is 2. The van der Waals surface area contributed by atoms with E-state index in [0.29, 0.717) is 0 Å². The van der Waals surface area contributed by atoms with E-state index in [1.54, 1.807) is 11.6 Å². The molecule has 5 rings (SSSR count). The fraction of sp³-hybridized carbons (Fsp3) is 0.320. The molecule has 6 heteroatoms. The van der Waals surface area contributed by atoms with E-state index >= 15 is 0 Å². The van der Waals surface area contributed by atoms with E-state index in [0.717, 1.165) is 58.7 Å². The summed E-state index contributed by atoms with van der Waals surface area (Å²) in [6.45, 7) is 5.70. The summed E-state index contributed by atoms with van der Waals surface area (Å²) in [6, 6.07) is 16.0. The zero-order valence-corrected chi connectivity index (χ0v) is 17.9. The van der Waals surface area contributed by atoms with E-state index < -0.39 is 0 Å². The first-order valence-corrected chi connectivity index (χ1v) is 10.6. The SMILES string of the molecule is Cc1ccc2oc(C3CCN(c4c(C#N)c(=O)n(C)c5ccccc45)CC3C)nc2c1. The van der Waals surface area contributed by atoms with Crippen LogP contribution < -0.4 is 10.5 Å². The molecule has 156 valence electrons. The number of hydrogen-bond donors (Lipinski definition) is 0. The van der Waals surface area contributed by atoms with Crippen molar-refractivity contribution in [2.45, 2.75) is 26.2 Å². The molecule has 1 fully saturated rings. The van der Waals surface area contributed by atoms with Crippen LogP contribution in [-0.2, 0) is 7.05 Å². The highest BCUT2D eigenvalue weighted by atomic mass is 16.3. The number of aryl methyl sites for hydroxylation is 2. The molecule has 3 heterocycles. The van der Waals surface area contributed by atoms with Gasteiger partial charge < -0.3 is 13.9 Å². The van der Waals surface area contributed by atoms with E-state index in [1.807, 2.05) is 42.5 Å². The highest BCUT2D eigenvalue weighted by molar-refractivity contribution is 5.95. The molecule has 0 spiro atoms. The molecule has 1 saturated heterocycles. The van der Waals surface area contributed by atoms with Gasteiger partial charge in [-0.25, -0.2) is 4.98 Å². The first-order valence-electron chi connectivity index (χ1n) is 10.6. The van der Waals surface area contributed by atoms with Gasteiger partial charge in [0, 0.05) is 31.4 Å². The molecule has 6 nitrogen and oxygen atoms in total. The van der Waals surface area contributed by atoms with Crippen LogP contribution >= 0.6 is 0 Å². The van der Waals surface area contributed by atoms with Crippen LogP contribution in [0.15, 0.2) is 51.7 Å². The molecule has 1 aliphatic heterocycles. The van der Waals surface area contributed by atoms with Crippen molar-refractivity contribution in [3.63, 3.8) is 0 Å². The molecule has 0 bridgehead atoms. The fourth-order valence-electron chi connectivity index (χ4n) is 4.84. The highest BCUT2D eigenvalue weighted by Gasteiger charge is 2.33. The molecule has 0 amide bonds. The number of piperidine rings is 1. The van der Waals surface area contributed by atoms with Crippen LogP contribution in [0.5, 0.6) is 0 Å². The summed E-state index contributed by atoms with van der Waals surface area (Å²) in [4.78, 5) is 19.8. The third-order valence-corrected chi connectivity index (χ3v) is 6.49. The van der Waals surface area contributed by atoms with Gasteiger partial charge in [-0.15, -0.1) is 0 Å². The zero-order chi connectivity index (χ0) is 21.7. The number of pyridine rings is 1. The predicted octanol–water partition coefficient (Wildman–Crippen LogP) is 4.49. The maximum atomic E-state index is 12.9. The maximum Gasteiger partial charge on any atom is 0.270 e. The Labute approximate surface area is 180 Å².